The normalized spacial score (nSPS) is 21.1. The summed E-state index contributed by atoms with van der Waals surface area (Å²) in [5.74, 6) is -0.427. The minimum atomic E-state index is -3.72. The van der Waals surface area contributed by atoms with Crippen molar-refractivity contribution in [2.75, 3.05) is 36.3 Å². The van der Waals surface area contributed by atoms with E-state index in [0.29, 0.717) is 43.7 Å². The Hall–Kier alpha value is -1.65. The number of carbonyl (C=O) groups is 1. The van der Waals surface area contributed by atoms with Crippen LogP contribution in [0, 0.1) is 12.8 Å². The van der Waals surface area contributed by atoms with Crippen LogP contribution in [0.4, 0.5) is 5.69 Å². The Labute approximate surface area is 172 Å². The molecule has 2 aliphatic rings. The molecule has 3 rings (SSSR count). The van der Waals surface area contributed by atoms with Gasteiger partial charge in [0.2, 0.25) is 20.0 Å². The molecule has 8 nitrogen and oxygen atoms in total. The molecule has 2 aliphatic heterocycles. The molecule has 0 atom stereocenters. The second-order valence-electron chi connectivity index (χ2n) is 7.48. The molecular formula is C19H28N2O6S2. The highest BCUT2D eigenvalue weighted by Gasteiger charge is 2.34. The monoisotopic (exact) mass is 444 g/mol. The first-order valence-corrected chi connectivity index (χ1v) is 13.0. The van der Waals surface area contributed by atoms with Crippen LogP contribution in [-0.4, -0.2) is 59.1 Å². The summed E-state index contributed by atoms with van der Waals surface area (Å²) in [5.41, 5.74) is 1.01. The molecule has 1 aromatic carbocycles. The fourth-order valence-electron chi connectivity index (χ4n) is 3.89. The van der Waals surface area contributed by atoms with Gasteiger partial charge in [-0.05, 0) is 63.3 Å². The maximum absolute atomic E-state index is 13.1. The molecule has 2 heterocycles. The number of esters is 1. The van der Waals surface area contributed by atoms with Crippen LogP contribution >= 0.6 is 0 Å². The first-order chi connectivity index (χ1) is 13.7. The summed E-state index contributed by atoms with van der Waals surface area (Å²) >= 11 is 0. The van der Waals surface area contributed by atoms with Gasteiger partial charge in [0.15, 0.2) is 0 Å². The smallest absolute Gasteiger partial charge is 0.309 e. The molecule has 0 bridgehead atoms. The summed E-state index contributed by atoms with van der Waals surface area (Å²) in [6.07, 6.45) is 2.29. The van der Waals surface area contributed by atoms with Gasteiger partial charge in [0.05, 0.1) is 28.9 Å². The van der Waals surface area contributed by atoms with Gasteiger partial charge in [0, 0.05) is 19.6 Å². The second kappa shape index (κ2) is 8.61. The van der Waals surface area contributed by atoms with Gasteiger partial charge in [0.1, 0.15) is 0 Å². The third-order valence-corrected chi connectivity index (χ3v) is 9.42. The molecule has 2 fully saturated rings. The number of hydrogen-bond acceptors (Lipinski definition) is 6. The quantitative estimate of drug-likeness (QED) is 0.643. The van der Waals surface area contributed by atoms with Gasteiger partial charge < -0.3 is 4.74 Å². The van der Waals surface area contributed by atoms with Gasteiger partial charge in [-0.15, -0.1) is 0 Å². The number of sulfonamides is 2. The van der Waals surface area contributed by atoms with Crippen LogP contribution < -0.4 is 4.31 Å². The highest BCUT2D eigenvalue weighted by molar-refractivity contribution is 7.92. The Morgan fingerprint density at radius 1 is 1.17 bits per heavy atom. The third kappa shape index (κ3) is 4.59. The van der Waals surface area contributed by atoms with E-state index in [-0.39, 0.29) is 35.6 Å². The van der Waals surface area contributed by atoms with Gasteiger partial charge >= 0.3 is 5.97 Å². The van der Waals surface area contributed by atoms with Crippen LogP contribution in [0.5, 0.6) is 0 Å². The molecule has 0 amide bonds. The maximum Gasteiger partial charge on any atom is 0.309 e. The zero-order chi connectivity index (χ0) is 21.2. The van der Waals surface area contributed by atoms with Crippen molar-refractivity contribution in [3.63, 3.8) is 0 Å². The number of aryl methyl sites for hydroxylation is 1. The minimum absolute atomic E-state index is 0.113. The van der Waals surface area contributed by atoms with Crippen LogP contribution in [0.3, 0.4) is 0 Å². The average Bonchev–Trinajstić information content (AvgIpc) is 2.67. The molecule has 1 aromatic rings. The summed E-state index contributed by atoms with van der Waals surface area (Å²) in [6.45, 7) is 4.67. The SMILES string of the molecule is CCOC(=O)C1CCN(S(=O)(=O)c2ccc(N3CCCCS3(=O)=O)cc2C)CC1. The van der Waals surface area contributed by atoms with Crippen molar-refractivity contribution in [2.24, 2.45) is 5.92 Å². The molecule has 2 saturated heterocycles. The summed E-state index contributed by atoms with van der Waals surface area (Å²) in [7, 11) is -7.07. The van der Waals surface area contributed by atoms with E-state index in [1.807, 2.05) is 0 Å². The minimum Gasteiger partial charge on any atom is -0.466 e. The molecule has 0 saturated carbocycles. The Balaban J connectivity index is 1.77. The van der Waals surface area contributed by atoms with Gasteiger partial charge in [-0.2, -0.15) is 4.31 Å². The lowest BCUT2D eigenvalue weighted by atomic mass is 9.98. The Bertz CT molecular complexity index is 966. The number of rotatable bonds is 5. The molecule has 0 aromatic heterocycles. The van der Waals surface area contributed by atoms with Crippen LogP contribution in [0.25, 0.3) is 0 Å². The second-order valence-corrected chi connectivity index (χ2v) is 11.4. The standard InChI is InChI=1S/C19H28N2O6S2/c1-3-27-19(22)16-8-11-20(12-9-16)29(25,26)18-7-6-17(14-15(18)2)21-10-4-5-13-28(21,23)24/h6-7,14,16H,3-5,8-13H2,1-2H3. The van der Waals surface area contributed by atoms with Crippen LogP contribution in [-0.2, 0) is 29.6 Å². The summed E-state index contributed by atoms with van der Waals surface area (Å²) in [4.78, 5) is 12.0. The van der Waals surface area contributed by atoms with Gasteiger partial charge in [0.25, 0.3) is 0 Å². The van der Waals surface area contributed by atoms with E-state index in [9.17, 15) is 21.6 Å². The first-order valence-electron chi connectivity index (χ1n) is 9.94. The third-order valence-electron chi connectivity index (χ3n) is 5.49. The topological polar surface area (TPSA) is 101 Å². The van der Waals surface area contributed by atoms with Crippen molar-refractivity contribution < 1.29 is 26.4 Å². The average molecular weight is 445 g/mol. The Morgan fingerprint density at radius 3 is 2.45 bits per heavy atom. The highest BCUT2D eigenvalue weighted by atomic mass is 32.2. The van der Waals surface area contributed by atoms with Gasteiger partial charge in [-0.1, -0.05) is 0 Å². The van der Waals surface area contributed by atoms with E-state index in [4.69, 9.17) is 4.74 Å². The number of nitrogens with zero attached hydrogens (tertiary/aromatic N) is 2. The highest BCUT2D eigenvalue weighted by Crippen LogP contribution is 2.30. The molecule has 162 valence electrons. The first kappa shape index (κ1) is 22.0. The summed E-state index contributed by atoms with van der Waals surface area (Å²) in [5, 5.41) is 0. The molecule has 29 heavy (non-hydrogen) atoms. The maximum atomic E-state index is 13.1. The van der Waals surface area contributed by atoms with Crippen LogP contribution in [0.1, 0.15) is 38.2 Å². The molecule has 0 N–H and O–H groups in total. The number of anilines is 1. The van der Waals surface area contributed by atoms with Gasteiger partial charge in [-0.25, -0.2) is 16.8 Å². The van der Waals surface area contributed by atoms with E-state index < -0.39 is 20.0 Å². The van der Waals surface area contributed by atoms with Crippen molar-refractivity contribution in [1.29, 1.82) is 0 Å². The molecule has 0 spiro atoms. The number of ether oxygens (including phenoxy) is 1. The lowest BCUT2D eigenvalue weighted by Crippen LogP contribution is -2.41. The Morgan fingerprint density at radius 2 is 1.86 bits per heavy atom. The number of carbonyl (C=O) groups excluding carboxylic acids is 1. The zero-order valence-electron chi connectivity index (χ0n) is 16.8. The van der Waals surface area contributed by atoms with E-state index >= 15 is 0 Å². The fourth-order valence-corrected chi connectivity index (χ4v) is 7.19. The van der Waals surface area contributed by atoms with Crippen molar-refractivity contribution in [3.05, 3.63) is 23.8 Å². The van der Waals surface area contributed by atoms with Crippen LogP contribution in [0.15, 0.2) is 23.1 Å². The van der Waals surface area contributed by atoms with Crippen molar-refractivity contribution >= 4 is 31.7 Å². The zero-order valence-corrected chi connectivity index (χ0v) is 18.5. The van der Waals surface area contributed by atoms with Crippen molar-refractivity contribution in [2.45, 2.75) is 44.4 Å². The van der Waals surface area contributed by atoms with E-state index in [0.717, 1.165) is 6.42 Å². The molecule has 0 unspecified atom stereocenters. The Kier molecular flexibility index (Phi) is 6.54. The van der Waals surface area contributed by atoms with E-state index in [2.05, 4.69) is 0 Å². The molecule has 10 heteroatoms. The predicted octanol–water partition coefficient (Wildman–Crippen LogP) is 1.89. The molecule has 0 radical (unpaired) electrons. The summed E-state index contributed by atoms with van der Waals surface area (Å²) < 4.78 is 58.6. The van der Waals surface area contributed by atoms with Gasteiger partial charge in [-0.3, -0.25) is 9.10 Å². The van der Waals surface area contributed by atoms with E-state index in [1.54, 1.807) is 26.0 Å². The number of hydrogen-bond donors (Lipinski definition) is 0. The lowest BCUT2D eigenvalue weighted by molar-refractivity contribution is -0.149. The van der Waals surface area contributed by atoms with Crippen molar-refractivity contribution in [3.8, 4) is 0 Å². The number of benzene rings is 1. The van der Waals surface area contributed by atoms with E-state index in [1.165, 1.54) is 14.7 Å². The number of piperidine rings is 1. The molecular weight excluding hydrogens is 416 g/mol. The fraction of sp³-hybridized carbons (Fsp3) is 0.632. The largest absolute Gasteiger partial charge is 0.466 e. The molecule has 0 aliphatic carbocycles. The van der Waals surface area contributed by atoms with Crippen molar-refractivity contribution in [1.82, 2.24) is 4.31 Å². The predicted molar refractivity (Wildman–Crippen MR) is 110 cm³/mol. The summed E-state index contributed by atoms with van der Waals surface area (Å²) in [6, 6.07) is 4.68. The van der Waals surface area contributed by atoms with Crippen LogP contribution in [0.2, 0.25) is 0 Å². The lowest BCUT2D eigenvalue weighted by Gasteiger charge is -2.31.